The Labute approximate surface area is 132 Å². The van der Waals surface area contributed by atoms with Crippen LogP contribution < -0.4 is 4.90 Å². The van der Waals surface area contributed by atoms with Gasteiger partial charge in [-0.15, -0.1) is 0 Å². The number of aliphatic hydroxyl groups is 1. The molecule has 0 spiro atoms. The first-order valence-corrected chi connectivity index (χ1v) is 7.65. The zero-order chi connectivity index (χ0) is 16.8. The van der Waals surface area contributed by atoms with Gasteiger partial charge in [0, 0.05) is 13.1 Å². The van der Waals surface area contributed by atoms with Gasteiger partial charge in [-0.25, -0.2) is 0 Å². The summed E-state index contributed by atoms with van der Waals surface area (Å²) in [5.41, 5.74) is -1.04. The van der Waals surface area contributed by atoms with E-state index in [4.69, 9.17) is 0 Å². The molecule has 0 aromatic heterocycles. The Kier molecular flexibility index (Phi) is 3.78. The van der Waals surface area contributed by atoms with E-state index >= 15 is 0 Å². The molecular weight excluding hydrogens is 309 g/mol. The summed E-state index contributed by atoms with van der Waals surface area (Å²) in [7, 11) is 0. The Hall–Kier alpha value is -1.76. The predicted octanol–water partition coefficient (Wildman–Crippen LogP) is 2.51. The number of hydrogen-bond acceptors (Lipinski definition) is 3. The maximum Gasteiger partial charge on any atom is 0.416 e. The van der Waals surface area contributed by atoms with Gasteiger partial charge in [-0.3, -0.25) is 4.79 Å². The molecule has 126 valence electrons. The highest BCUT2D eigenvalue weighted by Crippen LogP contribution is 2.36. The number of amides is 1. The van der Waals surface area contributed by atoms with Crippen LogP contribution in [0.15, 0.2) is 18.2 Å². The fraction of sp³-hybridized carbons (Fsp3) is 0.562. The number of likely N-dealkylation sites (tertiary alicyclic amines) is 1. The van der Waals surface area contributed by atoms with Crippen molar-refractivity contribution in [1.29, 1.82) is 0 Å². The molecule has 2 saturated heterocycles. The van der Waals surface area contributed by atoms with Gasteiger partial charge < -0.3 is 14.9 Å². The van der Waals surface area contributed by atoms with Crippen molar-refractivity contribution in [2.24, 2.45) is 0 Å². The summed E-state index contributed by atoms with van der Waals surface area (Å²) in [6.07, 6.45) is -2.62. The lowest BCUT2D eigenvalue weighted by atomic mass is 9.95. The molecule has 2 aliphatic heterocycles. The number of rotatable bonds is 2. The number of benzene rings is 1. The summed E-state index contributed by atoms with van der Waals surface area (Å²) in [5, 5.41) is 9.76. The van der Waals surface area contributed by atoms with Crippen molar-refractivity contribution < 1.29 is 23.1 Å². The second kappa shape index (κ2) is 5.40. The zero-order valence-electron chi connectivity index (χ0n) is 12.9. The van der Waals surface area contributed by atoms with Crippen LogP contribution in [0.3, 0.4) is 0 Å². The average Bonchev–Trinajstić information content (AvgIpc) is 2.96. The largest absolute Gasteiger partial charge is 0.416 e. The van der Waals surface area contributed by atoms with E-state index < -0.39 is 17.3 Å². The molecule has 0 aliphatic carbocycles. The van der Waals surface area contributed by atoms with Crippen LogP contribution in [0.4, 0.5) is 18.9 Å². The minimum atomic E-state index is -4.43. The van der Waals surface area contributed by atoms with Crippen molar-refractivity contribution in [1.82, 2.24) is 4.90 Å². The third-order valence-electron chi connectivity index (χ3n) is 4.35. The van der Waals surface area contributed by atoms with Crippen molar-refractivity contribution in [2.75, 3.05) is 31.1 Å². The van der Waals surface area contributed by atoms with Gasteiger partial charge in [-0.2, -0.15) is 13.2 Å². The van der Waals surface area contributed by atoms with Crippen molar-refractivity contribution >= 4 is 11.6 Å². The molecule has 0 radical (unpaired) electrons. The van der Waals surface area contributed by atoms with E-state index in [1.54, 1.807) is 6.92 Å². The Morgan fingerprint density at radius 2 is 1.83 bits per heavy atom. The molecule has 3 rings (SSSR count). The number of nitrogens with zero attached hydrogens (tertiary/aromatic N) is 2. The molecule has 2 fully saturated rings. The molecule has 2 heterocycles. The molecule has 1 N–H and O–H groups in total. The van der Waals surface area contributed by atoms with Gasteiger partial charge in [-0.05, 0) is 38.0 Å². The third-order valence-corrected chi connectivity index (χ3v) is 4.35. The maximum absolute atomic E-state index is 13.0. The van der Waals surface area contributed by atoms with Crippen molar-refractivity contribution in [3.05, 3.63) is 29.3 Å². The van der Waals surface area contributed by atoms with Crippen molar-refractivity contribution in [3.8, 4) is 0 Å². The molecule has 0 bridgehead atoms. The molecule has 1 aromatic rings. The summed E-state index contributed by atoms with van der Waals surface area (Å²) in [5.74, 6) is -0.327. The second-order valence-corrected chi connectivity index (χ2v) is 6.58. The van der Waals surface area contributed by atoms with Gasteiger partial charge in [0.05, 0.1) is 35.5 Å². The van der Waals surface area contributed by atoms with Crippen LogP contribution in [-0.4, -0.2) is 47.7 Å². The molecule has 0 saturated carbocycles. The normalized spacial score (nSPS) is 20.6. The first kappa shape index (κ1) is 16.1. The minimum absolute atomic E-state index is 0.201. The van der Waals surface area contributed by atoms with Gasteiger partial charge in [0.2, 0.25) is 0 Å². The lowest BCUT2D eigenvalue weighted by Gasteiger charge is -2.44. The summed E-state index contributed by atoms with van der Waals surface area (Å²) in [6.45, 7) is 3.34. The average molecular weight is 328 g/mol. The third kappa shape index (κ3) is 3.15. The molecular formula is C16H19F3N2O2. The van der Waals surface area contributed by atoms with E-state index in [-0.39, 0.29) is 24.6 Å². The highest BCUT2D eigenvalue weighted by atomic mass is 19.4. The standard InChI is InChI=1S/C16H19F3N2O2/c1-15(23)9-21(10-15)14(22)12-5-4-11(16(17,18)19)8-13(12)20-6-2-3-7-20/h4-5,8,23H,2-3,6-7,9-10H2,1H3. The first-order valence-electron chi connectivity index (χ1n) is 7.65. The molecule has 7 heteroatoms. The molecule has 1 amide bonds. The van der Waals surface area contributed by atoms with Crippen LogP contribution in [0.2, 0.25) is 0 Å². The summed E-state index contributed by atoms with van der Waals surface area (Å²) in [4.78, 5) is 15.9. The number of alkyl halides is 3. The number of anilines is 1. The number of halogens is 3. The van der Waals surface area contributed by atoms with Crippen LogP contribution in [-0.2, 0) is 6.18 Å². The van der Waals surface area contributed by atoms with Gasteiger partial charge in [-0.1, -0.05) is 0 Å². The Bertz CT molecular complexity index is 614. The smallest absolute Gasteiger partial charge is 0.386 e. The highest BCUT2D eigenvalue weighted by Gasteiger charge is 2.41. The second-order valence-electron chi connectivity index (χ2n) is 6.58. The first-order chi connectivity index (χ1) is 10.7. The zero-order valence-corrected chi connectivity index (χ0v) is 12.9. The number of hydrogen-bond donors (Lipinski definition) is 1. The van der Waals surface area contributed by atoms with E-state index in [9.17, 15) is 23.1 Å². The monoisotopic (exact) mass is 328 g/mol. The molecule has 2 aliphatic rings. The fourth-order valence-electron chi connectivity index (χ4n) is 3.20. The van der Waals surface area contributed by atoms with Crippen LogP contribution in [0.5, 0.6) is 0 Å². The summed E-state index contributed by atoms with van der Waals surface area (Å²) >= 11 is 0. The van der Waals surface area contributed by atoms with E-state index in [1.807, 2.05) is 4.90 Å². The quantitative estimate of drug-likeness (QED) is 0.907. The fourth-order valence-corrected chi connectivity index (χ4v) is 3.20. The van der Waals surface area contributed by atoms with E-state index in [0.717, 1.165) is 25.0 Å². The summed E-state index contributed by atoms with van der Waals surface area (Å²) < 4.78 is 38.9. The Balaban J connectivity index is 1.94. The van der Waals surface area contributed by atoms with Crippen LogP contribution in [0.1, 0.15) is 35.7 Å². The minimum Gasteiger partial charge on any atom is -0.386 e. The number of β-amino-alcohol motifs (C(OH)–C–C–N with tert-alkyl or cyclic N) is 1. The lowest BCUT2D eigenvalue weighted by molar-refractivity contribution is -0.137. The topological polar surface area (TPSA) is 43.8 Å². The molecule has 0 unspecified atom stereocenters. The van der Waals surface area contributed by atoms with E-state index in [2.05, 4.69) is 0 Å². The van der Waals surface area contributed by atoms with Gasteiger partial charge in [0.25, 0.3) is 5.91 Å². The molecule has 23 heavy (non-hydrogen) atoms. The van der Waals surface area contributed by atoms with Gasteiger partial charge in [0.15, 0.2) is 0 Å². The SMILES string of the molecule is CC1(O)CN(C(=O)c2ccc(C(F)(F)F)cc2N2CCCC2)C1. The van der Waals surface area contributed by atoms with Crippen molar-refractivity contribution in [3.63, 3.8) is 0 Å². The van der Waals surface area contributed by atoms with Crippen LogP contribution in [0, 0.1) is 0 Å². The van der Waals surface area contributed by atoms with Crippen molar-refractivity contribution in [2.45, 2.75) is 31.5 Å². The Morgan fingerprint density at radius 3 is 2.35 bits per heavy atom. The summed E-state index contributed by atoms with van der Waals surface area (Å²) in [6, 6.07) is 3.27. The lowest BCUT2D eigenvalue weighted by Crippen LogP contribution is -2.61. The Morgan fingerprint density at radius 1 is 1.22 bits per heavy atom. The highest BCUT2D eigenvalue weighted by molar-refractivity contribution is 6.00. The van der Waals surface area contributed by atoms with E-state index in [1.165, 1.54) is 11.0 Å². The van der Waals surface area contributed by atoms with Gasteiger partial charge in [0.1, 0.15) is 0 Å². The maximum atomic E-state index is 13.0. The molecule has 1 aromatic carbocycles. The van der Waals surface area contributed by atoms with E-state index in [0.29, 0.717) is 18.8 Å². The number of carbonyl (C=O) groups excluding carboxylic acids is 1. The predicted molar refractivity (Wildman–Crippen MR) is 79.4 cm³/mol. The van der Waals surface area contributed by atoms with Crippen LogP contribution in [0.25, 0.3) is 0 Å². The number of carbonyl (C=O) groups is 1. The van der Waals surface area contributed by atoms with Crippen LogP contribution >= 0.6 is 0 Å². The van der Waals surface area contributed by atoms with Gasteiger partial charge >= 0.3 is 6.18 Å². The molecule has 4 nitrogen and oxygen atoms in total. The molecule has 0 atom stereocenters.